The lowest BCUT2D eigenvalue weighted by molar-refractivity contribution is -0.125. The maximum absolute atomic E-state index is 11.9. The van der Waals surface area contributed by atoms with Crippen molar-refractivity contribution >= 4 is 5.91 Å². The lowest BCUT2D eigenvalue weighted by Crippen LogP contribution is -2.45. The molecule has 3 saturated carbocycles. The van der Waals surface area contributed by atoms with Crippen LogP contribution in [0.25, 0.3) is 0 Å². The molecule has 3 heteroatoms. The molecule has 1 amide bonds. The normalized spacial score (nSPS) is 44.7. The third-order valence-electron chi connectivity index (χ3n) is 5.56. The summed E-state index contributed by atoms with van der Waals surface area (Å²) >= 11 is 0. The van der Waals surface area contributed by atoms with Crippen molar-refractivity contribution < 1.29 is 4.79 Å². The van der Waals surface area contributed by atoms with Crippen LogP contribution in [0.5, 0.6) is 0 Å². The van der Waals surface area contributed by atoms with Crippen molar-refractivity contribution in [3.05, 3.63) is 0 Å². The molecule has 3 rings (SSSR count). The summed E-state index contributed by atoms with van der Waals surface area (Å²) in [4.78, 5) is 11.9. The van der Waals surface area contributed by atoms with E-state index in [0.717, 1.165) is 23.7 Å². The minimum absolute atomic E-state index is 0.0338. The molecule has 3 nitrogen and oxygen atoms in total. The first-order valence-corrected chi connectivity index (χ1v) is 7.21. The summed E-state index contributed by atoms with van der Waals surface area (Å²) < 4.78 is 0. The lowest BCUT2D eigenvalue weighted by Gasteiger charge is -2.32. The Labute approximate surface area is 104 Å². The standard InChI is InChI=1S/C14H24N2O/c1-8(7-15)14(17)16-13-6-9-5-12(13)11-4-2-3-10(9)11/h8-13H,2-7,15H2,1H3,(H,16,17). The molecule has 17 heavy (non-hydrogen) atoms. The Hall–Kier alpha value is -0.570. The van der Waals surface area contributed by atoms with Gasteiger partial charge in [0.25, 0.3) is 0 Å². The van der Waals surface area contributed by atoms with Crippen molar-refractivity contribution in [3.63, 3.8) is 0 Å². The van der Waals surface area contributed by atoms with Crippen molar-refractivity contribution in [2.45, 2.75) is 45.1 Å². The van der Waals surface area contributed by atoms with Crippen molar-refractivity contribution in [2.24, 2.45) is 35.3 Å². The van der Waals surface area contributed by atoms with Crippen LogP contribution in [0, 0.1) is 29.6 Å². The first-order chi connectivity index (χ1) is 8.20. The van der Waals surface area contributed by atoms with Crippen molar-refractivity contribution in [3.8, 4) is 0 Å². The average molecular weight is 236 g/mol. The second kappa shape index (κ2) is 4.27. The van der Waals surface area contributed by atoms with E-state index in [2.05, 4.69) is 5.32 Å². The van der Waals surface area contributed by atoms with Gasteiger partial charge in [0.05, 0.1) is 0 Å². The van der Waals surface area contributed by atoms with Crippen LogP contribution in [0.2, 0.25) is 0 Å². The van der Waals surface area contributed by atoms with Gasteiger partial charge in [-0.2, -0.15) is 0 Å². The smallest absolute Gasteiger partial charge is 0.224 e. The highest BCUT2D eigenvalue weighted by Crippen LogP contribution is 2.58. The second-order valence-electron chi connectivity index (χ2n) is 6.41. The first-order valence-electron chi connectivity index (χ1n) is 7.21. The highest BCUT2D eigenvalue weighted by Gasteiger charge is 2.54. The highest BCUT2D eigenvalue weighted by atomic mass is 16.1. The van der Waals surface area contributed by atoms with E-state index in [9.17, 15) is 4.79 Å². The zero-order chi connectivity index (χ0) is 12.0. The molecule has 3 aliphatic rings. The Morgan fingerprint density at radius 3 is 2.82 bits per heavy atom. The Morgan fingerprint density at radius 1 is 1.29 bits per heavy atom. The zero-order valence-corrected chi connectivity index (χ0v) is 10.7. The molecule has 6 unspecified atom stereocenters. The van der Waals surface area contributed by atoms with Crippen molar-refractivity contribution in [2.75, 3.05) is 6.54 Å². The summed E-state index contributed by atoms with van der Waals surface area (Å²) in [6, 6.07) is 0.459. The number of fused-ring (bicyclic) bond motifs is 5. The SMILES string of the molecule is CC(CN)C(=O)NC1CC2CC1C1CCCC21. The first kappa shape index (κ1) is 11.5. The van der Waals surface area contributed by atoms with Gasteiger partial charge in [-0.05, 0) is 49.4 Å². The zero-order valence-electron chi connectivity index (χ0n) is 10.7. The number of nitrogens with two attached hydrogens (primary N) is 1. The fourth-order valence-electron chi connectivity index (χ4n) is 4.67. The minimum atomic E-state index is -0.0338. The largest absolute Gasteiger partial charge is 0.353 e. The number of rotatable bonds is 3. The molecule has 3 N–H and O–H groups in total. The van der Waals surface area contributed by atoms with Crippen LogP contribution in [0.3, 0.4) is 0 Å². The molecule has 3 aliphatic carbocycles. The van der Waals surface area contributed by atoms with Crippen LogP contribution < -0.4 is 11.1 Å². The van der Waals surface area contributed by atoms with E-state index in [1.165, 1.54) is 32.1 Å². The molecule has 96 valence electrons. The van der Waals surface area contributed by atoms with Crippen LogP contribution in [0.15, 0.2) is 0 Å². The van der Waals surface area contributed by atoms with Crippen molar-refractivity contribution in [1.82, 2.24) is 5.32 Å². The number of hydrogen-bond acceptors (Lipinski definition) is 2. The molecule has 0 aromatic heterocycles. The Balaban J connectivity index is 1.62. The summed E-state index contributed by atoms with van der Waals surface area (Å²) in [5.74, 6) is 3.74. The molecular formula is C14H24N2O. The lowest BCUT2D eigenvalue weighted by atomic mass is 9.79. The molecule has 0 radical (unpaired) electrons. The maximum atomic E-state index is 11.9. The van der Waals surface area contributed by atoms with E-state index in [4.69, 9.17) is 5.73 Å². The van der Waals surface area contributed by atoms with Crippen LogP contribution >= 0.6 is 0 Å². The van der Waals surface area contributed by atoms with Gasteiger partial charge in [0.1, 0.15) is 0 Å². The predicted molar refractivity (Wildman–Crippen MR) is 67.2 cm³/mol. The molecule has 0 aromatic carbocycles. The predicted octanol–water partition coefficient (Wildman–Crippen LogP) is 1.52. The molecule has 0 saturated heterocycles. The number of amides is 1. The van der Waals surface area contributed by atoms with Gasteiger partial charge in [-0.15, -0.1) is 0 Å². The number of carbonyl (C=O) groups is 1. The fraction of sp³-hybridized carbons (Fsp3) is 0.929. The van der Waals surface area contributed by atoms with Crippen molar-refractivity contribution in [1.29, 1.82) is 0 Å². The van der Waals surface area contributed by atoms with Gasteiger partial charge in [0.2, 0.25) is 5.91 Å². The van der Waals surface area contributed by atoms with Crippen LogP contribution in [-0.2, 0) is 4.79 Å². The molecule has 0 aliphatic heterocycles. The summed E-state index contributed by atoms with van der Waals surface area (Å²) in [6.07, 6.45) is 6.88. The highest BCUT2D eigenvalue weighted by molar-refractivity contribution is 5.78. The number of hydrogen-bond donors (Lipinski definition) is 2. The van der Waals surface area contributed by atoms with E-state index < -0.39 is 0 Å². The third-order valence-corrected chi connectivity index (χ3v) is 5.56. The van der Waals surface area contributed by atoms with Gasteiger partial charge in [-0.1, -0.05) is 13.3 Å². The quantitative estimate of drug-likeness (QED) is 0.780. The van der Waals surface area contributed by atoms with Gasteiger partial charge in [0.15, 0.2) is 0 Å². The maximum Gasteiger partial charge on any atom is 0.224 e. The van der Waals surface area contributed by atoms with Crippen LogP contribution in [-0.4, -0.2) is 18.5 Å². The fourth-order valence-corrected chi connectivity index (χ4v) is 4.67. The molecule has 3 fully saturated rings. The van der Waals surface area contributed by atoms with Crippen LogP contribution in [0.4, 0.5) is 0 Å². The minimum Gasteiger partial charge on any atom is -0.353 e. The summed E-state index contributed by atoms with van der Waals surface area (Å²) in [5, 5.41) is 3.25. The summed E-state index contributed by atoms with van der Waals surface area (Å²) in [6.45, 7) is 2.37. The second-order valence-corrected chi connectivity index (χ2v) is 6.41. The Bertz CT molecular complexity index is 317. The number of carbonyl (C=O) groups excluding carboxylic acids is 1. The molecule has 0 heterocycles. The topological polar surface area (TPSA) is 55.1 Å². The summed E-state index contributed by atoms with van der Waals surface area (Å²) in [5.41, 5.74) is 5.55. The Kier molecular flexibility index (Phi) is 2.89. The van der Waals surface area contributed by atoms with Gasteiger partial charge >= 0.3 is 0 Å². The third kappa shape index (κ3) is 1.79. The molecule has 2 bridgehead atoms. The molecule has 0 spiro atoms. The molecule has 0 aromatic rings. The molecule has 6 atom stereocenters. The Morgan fingerprint density at radius 2 is 2.06 bits per heavy atom. The van der Waals surface area contributed by atoms with Gasteiger partial charge in [0, 0.05) is 18.5 Å². The van der Waals surface area contributed by atoms with E-state index in [-0.39, 0.29) is 11.8 Å². The van der Waals surface area contributed by atoms with E-state index in [0.29, 0.717) is 12.6 Å². The van der Waals surface area contributed by atoms with Crippen LogP contribution in [0.1, 0.15) is 39.0 Å². The summed E-state index contributed by atoms with van der Waals surface area (Å²) in [7, 11) is 0. The van der Waals surface area contributed by atoms with E-state index in [1.807, 2.05) is 6.92 Å². The molecular weight excluding hydrogens is 212 g/mol. The number of nitrogens with one attached hydrogen (secondary N) is 1. The van der Waals surface area contributed by atoms with Gasteiger partial charge in [-0.3, -0.25) is 4.79 Å². The van der Waals surface area contributed by atoms with Gasteiger partial charge < -0.3 is 11.1 Å². The van der Waals surface area contributed by atoms with E-state index >= 15 is 0 Å². The van der Waals surface area contributed by atoms with E-state index in [1.54, 1.807) is 0 Å². The average Bonchev–Trinajstić information content (AvgIpc) is 2.98. The van der Waals surface area contributed by atoms with Gasteiger partial charge in [-0.25, -0.2) is 0 Å². The monoisotopic (exact) mass is 236 g/mol.